The van der Waals surface area contributed by atoms with E-state index < -0.39 is 0 Å². The van der Waals surface area contributed by atoms with E-state index in [0.717, 1.165) is 17.7 Å². The predicted molar refractivity (Wildman–Crippen MR) is 52.4 cm³/mol. The van der Waals surface area contributed by atoms with Crippen LogP contribution in [-0.2, 0) is 6.42 Å². The lowest BCUT2D eigenvalue weighted by Gasteiger charge is -1.99. The first-order valence-corrected chi connectivity index (χ1v) is 4.44. The molecule has 1 aromatic carbocycles. The van der Waals surface area contributed by atoms with E-state index in [-0.39, 0.29) is 0 Å². The Morgan fingerprint density at radius 2 is 2.31 bits per heavy atom. The first-order chi connectivity index (χ1) is 6.40. The molecular formula is C12H11O. The lowest BCUT2D eigenvalue weighted by atomic mass is 10.1. The zero-order valence-corrected chi connectivity index (χ0v) is 7.58. The van der Waals surface area contributed by atoms with Gasteiger partial charge in [0.15, 0.2) is 0 Å². The van der Waals surface area contributed by atoms with Gasteiger partial charge in [-0.3, -0.25) is 0 Å². The first-order valence-electron chi connectivity index (χ1n) is 4.44. The van der Waals surface area contributed by atoms with Gasteiger partial charge in [0.05, 0.1) is 6.26 Å². The highest BCUT2D eigenvalue weighted by Crippen LogP contribution is 2.20. The predicted octanol–water partition coefficient (Wildman–Crippen LogP) is 3.31. The van der Waals surface area contributed by atoms with Crippen molar-refractivity contribution in [1.82, 2.24) is 0 Å². The van der Waals surface area contributed by atoms with Crippen LogP contribution in [0, 0.1) is 6.07 Å². The third kappa shape index (κ3) is 1.64. The highest BCUT2D eigenvalue weighted by atomic mass is 16.3. The van der Waals surface area contributed by atoms with Crippen molar-refractivity contribution in [2.45, 2.75) is 13.3 Å². The molecule has 1 aromatic heterocycles. The molecule has 0 fully saturated rings. The van der Waals surface area contributed by atoms with Crippen LogP contribution in [0.4, 0.5) is 0 Å². The summed E-state index contributed by atoms with van der Waals surface area (Å²) in [5.74, 6) is 0.885. The van der Waals surface area contributed by atoms with Crippen LogP contribution in [0.5, 0.6) is 0 Å². The second-order valence-corrected chi connectivity index (χ2v) is 2.94. The Balaban J connectivity index is 2.41. The van der Waals surface area contributed by atoms with Crippen molar-refractivity contribution in [3.05, 3.63) is 48.2 Å². The molecule has 0 saturated carbocycles. The molecule has 1 heteroatoms. The van der Waals surface area contributed by atoms with E-state index in [4.69, 9.17) is 4.42 Å². The van der Waals surface area contributed by atoms with Crippen LogP contribution in [0.15, 0.2) is 41.0 Å². The largest absolute Gasteiger partial charge is 0.464 e. The Kier molecular flexibility index (Phi) is 2.17. The fourth-order valence-corrected chi connectivity index (χ4v) is 1.31. The molecular weight excluding hydrogens is 160 g/mol. The average Bonchev–Trinajstić information content (AvgIpc) is 2.71. The summed E-state index contributed by atoms with van der Waals surface area (Å²) < 4.78 is 5.29. The molecule has 1 heterocycles. The van der Waals surface area contributed by atoms with Crippen LogP contribution < -0.4 is 0 Å². The first kappa shape index (κ1) is 8.11. The van der Waals surface area contributed by atoms with Crippen LogP contribution in [0.25, 0.3) is 11.3 Å². The van der Waals surface area contributed by atoms with Gasteiger partial charge in [-0.25, -0.2) is 0 Å². The third-order valence-corrected chi connectivity index (χ3v) is 2.06. The van der Waals surface area contributed by atoms with Gasteiger partial charge in [0, 0.05) is 5.56 Å². The number of aryl methyl sites for hydroxylation is 1. The highest BCUT2D eigenvalue weighted by Gasteiger charge is 2.00. The number of furan rings is 1. The second-order valence-electron chi connectivity index (χ2n) is 2.94. The number of hydrogen-bond donors (Lipinski definition) is 0. The SMILES string of the molecule is CCc1cc[c]c(-c2ccco2)c1. The number of rotatable bonds is 2. The van der Waals surface area contributed by atoms with Crippen molar-refractivity contribution in [2.75, 3.05) is 0 Å². The molecule has 0 bridgehead atoms. The summed E-state index contributed by atoms with van der Waals surface area (Å²) in [7, 11) is 0. The van der Waals surface area contributed by atoms with Crippen LogP contribution in [0.3, 0.4) is 0 Å². The van der Waals surface area contributed by atoms with Gasteiger partial charge in [-0.2, -0.15) is 0 Å². The summed E-state index contributed by atoms with van der Waals surface area (Å²) in [4.78, 5) is 0. The minimum atomic E-state index is 0.885. The molecule has 0 aliphatic rings. The summed E-state index contributed by atoms with van der Waals surface area (Å²) in [6, 6.07) is 13.1. The molecule has 0 spiro atoms. The van der Waals surface area contributed by atoms with Gasteiger partial charge in [-0.05, 0) is 36.2 Å². The maximum absolute atomic E-state index is 5.29. The summed E-state index contributed by atoms with van der Waals surface area (Å²) in [6.45, 7) is 2.14. The van der Waals surface area contributed by atoms with Crippen LogP contribution in [0.1, 0.15) is 12.5 Å². The molecule has 0 amide bonds. The normalized spacial score (nSPS) is 10.2. The summed E-state index contributed by atoms with van der Waals surface area (Å²) >= 11 is 0. The fourth-order valence-electron chi connectivity index (χ4n) is 1.31. The maximum Gasteiger partial charge on any atom is 0.134 e. The maximum atomic E-state index is 5.29. The fraction of sp³-hybridized carbons (Fsp3) is 0.167. The molecule has 0 aliphatic heterocycles. The summed E-state index contributed by atoms with van der Waals surface area (Å²) in [6.07, 6.45) is 2.73. The lowest BCUT2D eigenvalue weighted by molar-refractivity contribution is 0.582. The van der Waals surface area contributed by atoms with Crippen molar-refractivity contribution in [1.29, 1.82) is 0 Å². The zero-order chi connectivity index (χ0) is 9.10. The van der Waals surface area contributed by atoms with Crippen LogP contribution >= 0.6 is 0 Å². The van der Waals surface area contributed by atoms with Crippen molar-refractivity contribution < 1.29 is 4.42 Å². The van der Waals surface area contributed by atoms with Crippen molar-refractivity contribution in [2.24, 2.45) is 0 Å². The van der Waals surface area contributed by atoms with E-state index in [1.807, 2.05) is 18.2 Å². The van der Waals surface area contributed by atoms with Crippen LogP contribution in [0.2, 0.25) is 0 Å². The molecule has 65 valence electrons. The Labute approximate surface area is 78.0 Å². The van der Waals surface area contributed by atoms with Crippen molar-refractivity contribution >= 4 is 0 Å². The van der Waals surface area contributed by atoms with E-state index in [0.29, 0.717) is 0 Å². The Morgan fingerprint density at radius 1 is 1.38 bits per heavy atom. The van der Waals surface area contributed by atoms with Crippen molar-refractivity contribution in [3.63, 3.8) is 0 Å². The van der Waals surface area contributed by atoms with Crippen molar-refractivity contribution in [3.8, 4) is 11.3 Å². The second kappa shape index (κ2) is 3.48. The molecule has 2 aromatic rings. The summed E-state index contributed by atoms with van der Waals surface area (Å²) in [5.41, 5.74) is 2.34. The molecule has 0 atom stereocenters. The highest BCUT2D eigenvalue weighted by molar-refractivity contribution is 5.57. The van der Waals surface area contributed by atoms with E-state index in [2.05, 4.69) is 25.1 Å². The average molecular weight is 171 g/mol. The molecule has 0 N–H and O–H groups in total. The Morgan fingerprint density at radius 3 is 3.00 bits per heavy atom. The lowest BCUT2D eigenvalue weighted by Crippen LogP contribution is -1.80. The molecule has 0 unspecified atom stereocenters. The Bertz CT molecular complexity index is 374. The van der Waals surface area contributed by atoms with Gasteiger partial charge in [-0.15, -0.1) is 0 Å². The molecule has 1 nitrogen and oxygen atoms in total. The molecule has 2 rings (SSSR count). The molecule has 13 heavy (non-hydrogen) atoms. The van der Waals surface area contributed by atoms with E-state index in [1.165, 1.54) is 5.56 Å². The van der Waals surface area contributed by atoms with Gasteiger partial charge >= 0.3 is 0 Å². The standard InChI is InChI=1S/C12H11O/c1-2-10-5-3-6-11(9-10)12-7-4-8-13-12/h3-5,7-9H,2H2,1H3. The van der Waals surface area contributed by atoms with Gasteiger partial charge in [0.2, 0.25) is 0 Å². The third-order valence-electron chi connectivity index (χ3n) is 2.06. The smallest absolute Gasteiger partial charge is 0.134 e. The topological polar surface area (TPSA) is 13.1 Å². The summed E-state index contributed by atoms with van der Waals surface area (Å²) in [5, 5.41) is 0. The molecule has 0 saturated heterocycles. The monoisotopic (exact) mass is 171 g/mol. The van der Waals surface area contributed by atoms with E-state index >= 15 is 0 Å². The number of hydrogen-bond acceptors (Lipinski definition) is 1. The van der Waals surface area contributed by atoms with Gasteiger partial charge in [0.1, 0.15) is 5.76 Å². The number of benzene rings is 1. The van der Waals surface area contributed by atoms with Crippen LogP contribution in [-0.4, -0.2) is 0 Å². The quantitative estimate of drug-likeness (QED) is 0.675. The van der Waals surface area contributed by atoms with E-state index in [1.54, 1.807) is 6.26 Å². The minimum Gasteiger partial charge on any atom is -0.464 e. The Hall–Kier alpha value is -1.50. The molecule has 0 aliphatic carbocycles. The van der Waals surface area contributed by atoms with E-state index in [9.17, 15) is 0 Å². The molecule has 1 radical (unpaired) electrons. The minimum absolute atomic E-state index is 0.885. The van der Waals surface area contributed by atoms with Gasteiger partial charge in [0.25, 0.3) is 0 Å². The zero-order valence-electron chi connectivity index (χ0n) is 7.58. The van der Waals surface area contributed by atoms with Gasteiger partial charge < -0.3 is 4.42 Å². The van der Waals surface area contributed by atoms with Gasteiger partial charge in [-0.1, -0.05) is 19.1 Å².